The standard InChI is InChI=1S/C18H12Cl2N2/c19-18(20)16(12-21,13-22)17(18,15-9-5-2-6-10-15)11-14-7-3-1-4-8-14/h1-10H,11H2. The van der Waals surface area contributed by atoms with Gasteiger partial charge < -0.3 is 0 Å². The zero-order chi connectivity index (χ0) is 15.8. The summed E-state index contributed by atoms with van der Waals surface area (Å²) in [5.41, 5.74) is -0.591. The molecule has 0 aliphatic heterocycles. The minimum Gasteiger partial charge on any atom is -0.196 e. The molecule has 0 aromatic heterocycles. The summed E-state index contributed by atoms with van der Waals surface area (Å²) in [7, 11) is 0. The lowest BCUT2D eigenvalue weighted by molar-refractivity contribution is 0.597. The second kappa shape index (κ2) is 5.03. The summed E-state index contributed by atoms with van der Waals surface area (Å²) < 4.78 is -1.44. The number of nitriles is 2. The smallest absolute Gasteiger partial charge is 0.190 e. The van der Waals surface area contributed by atoms with Gasteiger partial charge in [0.1, 0.15) is 0 Å². The Morgan fingerprint density at radius 1 is 0.818 bits per heavy atom. The Morgan fingerprint density at radius 2 is 1.32 bits per heavy atom. The van der Waals surface area contributed by atoms with Crippen molar-refractivity contribution in [3.05, 3.63) is 71.8 Å². The van der Waals surface area contributed by atoms with Crippen molar-refractivity contribution in [1.82, 2.24) is 0 Å². The van der Waals surface area contributed by atoms with Gasteiger partial charge in [-0.2, -0.15) is 10.5 Å². The van der Waals surface area contributed by atoms with Crippen molar-refractivity contribution in [3.8, 4) is 12.1 Å². The highest BCUT2D eigenvalue weighted by Crippen LogP contribution is 2.78. The highest BCUT2D eigenvalue weighted by molar-refractivity contribution is 6.54. The van der Waals surface area contributed by atoms with Gasteiger partial charge in [0.05, 0.1) is 17.6 Å². The van der Waals surface area contributed by atoms with Crippen LogP contribution in [-0.4, -0.2) is 4.33 Å². The van der Waals surface area contributed by atoms with Crippen LogP contribution in [0.2, 0.25) is 0 Å². The fourth-order valence-electron chi connectivity index (χ4n) is 3.27. The van der Waals surface area contributed by atoms with Crippen LogP contribution >= 0.6 is 23.2 Å². The van der Waals surface area contributed by atoms with Crippen molar-refractivity contribution in [2.45, 2.75) is 16.2 Å². The molecule has 22 heavy (non-hydrogen) atoms. The van der Waals surface area contributed by atoms with Crippen molar-refractivity contribution < 1.29 is 0 Å². The van der Waals surface area contributed by atoms with E-state index in [9.17, 15) is 10.5 Å². The molecule has 2 nitrogen and oxygen atoms in total. The molecule has 2 aromatic carbocycles. The predicted octanol–water partition coefficient (Wildman–Crippen LogP) is 4.39. The van der Waals surface area contributed by atoms with Gasteiger partial charge in [0.15, 0.2) is 9.75 Å². The van der Waals surface area contributed by atoms with E-state index in [1.54, 1.807) is 0 Å². The molecule has 0 saturated heterocycles. The Labute approximate surface area is 139 Å². The van der Waals surface area contributed by atoms with E-state index in [4.69, 9.17) is 23.2 Å². The Balaban J connectivity index is 2.19. The quantitative estimate of drug-likeness (QED) is 0.785. The molecule has 1 aliphatic carbocycles. The summed E-state index contributed by atoms with van der Waals surface area (Å²) in [4.78, 5) is 0. The van der Waals surface area contributed by atoms with E-state index in [-0.39, 0.29) is 0 Å². The molecule has 0 amide bonds. The summed E-state index contributed by atoms with van der Waals surface area (Å²) >= 11 is 13.0. The van der Waals surface area contributed by atoms with Crippen LogP contribution in [0, 0.1) is 28.1 Å². The molecule has 0 radical (unpaired) electrons. The molecule has 2 aromatic rings. The lowest BCUT2D eigenvalue weighted by atomic mass is 9.82. The molecule has 4 heteroatoms. The van der Waals surface area contributed by atoms with Crippen LogP contribution in [-0.2, 0) is 11.8 Å². The number of benzene rings is 2. The third kappa shape index (κ3) is 1.66. The summed E-state index contributed by atoms with van der Waals surface area (Å²) in [6.45, 7) is 0. The summed E-state index contributed by atoms with van der Waals surface area (Å²) in [5, 5.41) is 19.3. The van der Waals surface area contributed by atoms with Crippen LogP contribution in [0.25, 0.3) is 0 Å². The van der Waals surface area contributed by atoms with Gasteiger partial charge in [-0.05, 0) is 17.5 Å². The molecular formula is C18H12Cl2N2. The van der Waals surface area contributed by atoms with Crippen LogP contribution in [0.4, 0.5) is 0 Å². The number of alkyl halides is 2. The van der Waals surface area contributed by atoms with Crippen molar-refractivity contribution in [1.29, 1.82) is 10.5 Å². The van der Waals surface area contributed by atoms with Gasteiger partial charge in [-0.1, -0.05) is 83.9 Å². The molecule has 0 spiro atoms. The predicted molar refractivity (Wildman–Crippen MR) is 86.4 cm³/mol. The zero-order valence-electron chi connectivity index (χ0n) is 11.6. The van der Waals surface area contributed by atoms with E-state index in [2.05, 4.69) is 12.1 Å². The van der Waals surface area contributed by atoms with Gasteiger partial charge >= 0.3 is 0 Å². The molecule has 1 aliphatic rings. The first-order chi connectivity index (χ1) is 10.6. The summed E-state index contributed by atoms with van der Waals surface area (Å²) in [6, 6.07) is 23.2. The second-order valence-electron chi connectivity index (χ2n) is 5.48. The van der Waals surface area contributed by atoms with Gasteiger partial charge in [-0.25, -0.2) is 0 Å². The SMILES string of the molecule is N#CC1(C#N)C(Cl)(Cl)C1(Cc1ccccc1)c1ccccc1. The first-order valence-electron chi connectivity index (χ1n) is 6.85. The number of rotatable bonds is 3. The molecule has 0 N–H and O–H groups in total. The van der Waals surface area contributed by atoms with Gasteiger partial charge in [0, 0.05) is 0 Å². The van der Waals surface area contributed by atoms with Gasteiger partial charge in [-0.15, -0.1) is 0 Å². The van der Waals surface area contributed by atoms with Crippen LogP contribution in [0.15, 0.2) is 60.7 Å². The fourth-order valence-corrected chi connectivity index (χ4v) is 4.30. The molecule has 1 saturated carbocycles. The zero-order valence-corrected chi connectivity index (χ0v) is 13.1. The van der Waals surface area contributed by atoms with E-state index in [1.165, 1.54) is 0 Å². The van der Waals surface area contributed by atoms with Crippen molar-refractivity contribution in [3.63, 3.8) is 0 Å². The lowest BCUT2D eigenvalue weighted by Gasteiger charge is -2.19. The Bertz CT molecular complexity index is 758. The van der Waals surface area contributed by atoms with Crippen LogP contribution in [0.5, 0.6) is 0 Å². The van der Waals surface area contributed by atoms with Crippen molar-refractivity contribution >= 4 is 23.2 Å². The first kappa shape index (κ1) is 14.9. The molecule has 108 valence electrons. The Kier molecular flexibility index (Phi) is 3.41. The van der Waals surface area contributed by atoms with Crippen LogP contribution in [0.3, 0.4) is 0 Å². The highest BCUT2D eigenvalue weighted by Gasteiger charge is 2.89. The van der Waals surface area contributed by atoms with Crippen molar-refractivity contribution in [2.24, 2.45) is 5.41 Å². The number of hydrogen-bond acceptors (Lipinski definition) is 2. The third-order valence-electron chi connectivity index (χ3n) is 4.50. The number of nitrogens with zero attached hydrogens (tertiary/aromatic N) is 2. The largest absolute Gasteiger partial charge is 0.196 e. The highest BCUT2D eigenvalue weighted by atomic mass is 35.5. The second-order valence-corrected chi connectivity index (χ2v) is 6.81. The molecule has 1 unspecified atom stereocenters. The van der Waals surface area contributed by atoms with E-state index >= 15 is 0 Å². The summed E-state index contributed by atoms with van der Waals surface area (Å²) in [6.07, 6.45) is 0.436. The Hall–Kier alpha value is -2.00. The molecule has 1 fully saturated rings. The molecule has 0 heterocycles. The fraction of sp³-hybridized carbons (Fsp3) is 0.222. The Morgan fingerprint density at radius 3 is 1.77 bits per heavy atom. The topological polar surface area (TPSA) is 47.6 Å². The monoisotopic (exact) mass is 326 g/mol. The average molecular weight is 327 g/mol. The molecule has 3 rings (SSSR count). The van der Waals surface area contributed by atoms with Gasteiger partial charge in [0.25, 0.3) is 0 Å². The maximum atomic E-state index is 9.63. The average Bonchev–Trinajstić information content (AvgIpc) is 2.99. The van der Waals surface area contributed by atoms with Gasteiger partial charge in [-0.3, -0.25) is 0 Å². The molecule has 1 atom stereocenters. The normalized spacial score (nSPS) is 24.0. The lowest BCUT2D eigenvalue weighted by Crippen LogP contribution is -2.21. The first-order valence-corrected chi connectivity index (χ1v) is 7.61. The van der Waals surface area contributed by atoms with Crippen molar-refractivity contribution in [2.75, 3.05) is 0 Å². The number of halogens is 2. The van der Waals surface area contributed by atoms with Gasteiger partial charge in [0.2, 0.25) is 0 Å². The maximum absolute atomic E-state index is 9.63. The minimum absolute atomic E-state index is 0.436. The molecular weight excluding hydrogens is 315 g/mol. The van der Waals surface area contributed by atoms with E-state index in [1.807, 2.05) is 60.7 Å². The number of hydrogen-bond donors (Lipinski definition) is 0. The summed E-state index contributed by atoms with van der Waals surface area (Å²) in [5.74, 6) is 0. The molecule has 0 bridgehead atoms. The van der Waals surface area contributed by atoms with E-state index < -0.39 is 15.2 Å². The maximum Gasteiger partial charge on any atom is 0.190 e. The van der Waals surface area contributed by atoms with Crippen LogP contribution in [0.1, 0.15) is 11.1 Å². The minimum atomic E-state index is -1.46. The van der Waals surface area contributed by atoms with E-state index in [0.29, 0.717) is 6.42 Å². The van der Waals surface area contributed by atoms with E-state index in [0.717, 1.165) is 11.1 Å². The van der Waals surface area contributed by atoms with Crippen LogP contribution < -0.4 is 0 Å². The third-order valence-corrected chi connectivity index (χ3v) is 5.71.